The van der Waals surface area contributed by atoms with Gasteiger partial charge in [-0.3, -0.25) is 9.69 Å². The molecule has 31 heavy (non-hydrogen) atoms. The third-order valence-corrected chi connectivity index (χ3v) is 5.41. The molecule has 0 aliphatic carbocycles. The molecule has 7 nitrogen and oxygen atoms in total. The van der Waals surface area contributed by atoms with E-state index in [-0.39, 0.29) is 17.9 Å². The molecule has 0 bridgehead atoms. The van der Waals surface area contributed by atoms with Crippen molar-refractivity contribution in [3.05, 3.63) is 66.2 Å². The Labute approximate surface area is 184 Å². The number of para-hydroxylation sites is 1. The molecule has 2 aromatic rings. The van der Waals surface area contributed by atoms with Crippen molar-refractivity contribution < 1.29 is 14.3 Å². The van der Waals surface area contributed by atoms with Crippen LogP contribution in [0.25, 0.3) is 0 Å². The Balaban J connectivity index is 1.62. The van der Waals surface area contributed by atoms with Crippen molar-refractivity contribution in [2.24, 2.45) is 5.92 Å². The lowest BCUT2D eigenvalue weighted by atomic mass is 10.0. The summed E-state index contributed by atoms with van der Waals surface area (Å²) in [5.41, 5.74) is 1.83. The molecule has 1 aliphatic heterocycles. The molecule has 7 heteroatoms. The highest BCUT2D eigenvalue weighted by atomic mass is 16.5. The van der Waals surface area contributed by atoms with E-state index in [0.717, 1.165) is 18.7 Å². The Morgan fingerprint density at radius 1 is 0.968 bits per heavy atom. The van der Waals surface area contributed by atoms with Gasteiger partial charge in [-0.2, -0.15) is 0 Å². The molecule has 3 N–H and O–H groups in total. The van der Waals surface area contributed by atoms with Gasteiger partial charge < -0.3 is 20.7 Å². The number of morpholine rings is 1. The van der Waals surface area contributed by atoms with Gasteiger partial charge in [0.05, 0.1) is 19.3 Å². The highest BCUT2D eigenvalue weighted by molar-refractivity contribution is 5.93. The van der Waals surface area contributed by atoms with Gasteiger partial charge in [0.2, 0.25) is 5.91 Å². The lowest BCUT2D eigenvalue weighted by molar-refractivity contribution is -0.124. The summed E-state index contributed by atoms with van der Waals surface area (Å²) in [5.74, 6) is -0.243. The fraction of sp³-hybridized carbons (Fsp3) is 0.417. The number of hydrogen-bond acceptors (Lipinski definition) is 4. The Bertz CT molecular complexity index is 823. The first-order valence-electron chi connectivity index (χ1n) is 10.8. The first kappa shape index (κ1) is 22.8. The van der Waals surface area contributed by atoms with Crippen molar-refractivity contribution in [2.45, 2.75) is 25.9 Å². The molecule has 0 spiro atoms. The maximum Gasteiger partial charge on any atom is 0.319 e. The first-order valence-corrected chi connectivity index (χ1v) is 10.8. The second kappa shape index (κ2) is 11.5. The van der Waals surface area contributed by atoms with Crippen LogP contribution in [0.3, 0.4) is 0 Å². The summed E-state index contributed by atoms with van der Waals surface area (Å²) in [4.78, 5) is 27.7. The van der Waals surface area contributed by atoms with Gasteiger partial charge in [0.25, 0.3) is 0 Å². The molecule has 166 valence electrons. The number of carbonyl (C=O) groups is 2. The number of amides is 3. The monoisotopic (exact) mass is 424 g/mol. The van der Waals surface area contributed by atoms with Crippen LogP contribution < -0.4 is 16.0 Å². The van der Waals surface area contributed by atoms with Gasteiger partial charge in [0, 0.05) is 25.3 Å². The normalized spacial score (nSPS) is 16.4. The van der Waals surface area contributed by atoms with E-state index < -0.39 is 12.1 Å². The van der Waals surface area contributed by atoms with Crippen molar-refractivity contribution >= 4 is 17.6 Å². The van der Waals surface area contributed by atoms with Crippen LogP contribution in [-0.4, -0.2) is 55.7 Å². The molecular weight excluding hydrogens is 392 g/mol. The van der Waals surface area contributed by atoms with Crippen molar-refractivity contribution in [3.63, 3.8) is 0 Å². The van der Waals surface area contributed by atoms with Crippen LogP contribution in [0, 0.1) is 5.92 Å². The largest absolute Gasteiger partial charge is 0.379 e. The van der Waals surface area contributed by atoms with Gasteiger partial charge in [-0.25, -0.2) is 4.79 Å². The third kappa shape index (κ3) is 6.80. The maximum atomic E-state index is 13.0. The van der Waals surface area contributed by atoms with E-state index in [0.29, 0.717) is 25.4 Å². The van der Waals surface area contributed by atoms with Gasteiger partial charge in [-0.15, -0.1) is 0 Å². The molecule has 0 aromatic heterocycles. The van der Waals surface area contributed by atoms with Gasteiger partial charge in [0.1, 0.15) is 6.04 Å². The first-order chi connectivity index (χ1) is 15.0. The van der Waals surface area contributed by atoms with E-state index in [2.05, 4.69) is 33.0 Å². The lowest BCUT2D eigenvalue weighted by Crippen LogP contribution is -2.52. The number of rotatable bonds is 8. The molecule has 2 unspecified atom stereocenters. The smallest absolute Gasteiger partial charge is 0.319 e. The van der Waals surface area contributed by atoms with E-state index in [1.54, 1.807) is 12.1 Å². The van der Waals surface area contributed by atoms with Crippen LogP contribution in [-0.2, 0) is 9.53 Å². The molecule has 2 atom stereocenters. The summed E-state index contributed by atoms with van der Waals surface area (Å²) in [5, 5.41) is 8.65. The second-order valence-electron chi connectivity index (χ2n) is 8.01. The number of carbonyl (C=O) groups excluding carboxylic acids is 2. The van der Waals surface area contributed by atoms with Gasteiger partial charge in [-0.05, 0) is 23.6 Å². The summed E-state index contributed by atoms with van der Waals surface area (Å²) in [6.07, 6.45) is 0. The number of urea groups is 1. The summed E-state index contributed by atoms with van der Waals surface area (Å²) in [7, 11) is 0. The number of anilines is 1. The minimum absolute atomic E-state index is 0.0555. The zero-order valence-electron chi connectivity index (χ0n) is 18.2. The number of ether oxygens (including phenoxy) is 1. The van der Waals surface area contributed by atoms with E-state index in [1.165, 1.54) is 0 Å². The number of nitrogens with zero attached hydrogens (tertiary/aromatic N) is 1. The summed E-state index contributed by atoms with van der Waals surface area (Å²) < 4.78 is 5.49. The number of nitrogens with one attached hydrogen (secondary N) is 3. The molecule has 2 aromatic carbocycles. The third-order valence-electron chi connectivity index (χ3n) is 5.41. The predicted molar refractivity (Wildman–Crippen MR) is 122 cm³/mol. The molecule has 3 rings (SSSR count). The summed E-state index contributed by atoms with van der Waals surface area (Å²) in [6.45, 7) is 7.32. The molecule has 3 amide bonds. The van der Waals surface area contributed by atoms with Gasteiger partial charge in [-0.1, -0.05) is 62.4 Å². The molecular formula is C24H32N4O3. The molecule has 0 saturated carbocycles. The summed E-state index contributed by atoms with van der Waals surface area (Å²) >= 11 is 0. The number of benzene rings is 2. The van der Waals surface area contributed by atoms with Crippen molar-refractivity contribution in [3.8, 4) is 0 Å². The SMILES string of the molecule is CC(C)C(NC(=O)Nc1ccccc1)C(=O)NCC(c1ccccc1)N1CCOCC1. The molecule has 1 heterocycles. The molecule has 1 aliphatic rings. The topological polar surface area (TPSA) is 82.7 Å². The predicted octanol–water partition coefficient (Wildman–Crippen LogP) is 3.02. The van der Waals surface area contributed by atoms with Crippen LogP contribution in [0.1, 0.15) is 25.5 Å². The van der Waals surface area contributed by atoms with E-state index >= 15 is 0 Å². The Morgan fingerprint density at radius 2 is 1.58 bits per heavy atom. The van der Waals surface area contributed by atoms with E-state index in [9.17, 15) is 9.59 Å². The van der Waals surface area contributed by atoms with Crippen LogP contribution in [0.15, 0.2) is 60.7 Å². The Kier molecular flexibility index (Phi) is 8.44. The van der Waals surface area contributed by atoms with Crippen LogP contribution >= 0.6 is 0 Å². The average molecular weight is 425 g/mol. The molecule has 1 fully saturated rings. The molecule has 0 radical (unpaired) electrons. The minimum atomic E-state index is -0.634. The van der Waals surface area contributed by atoms with Crippen LogP contribution in [0.5, 0.6) is 0 Å². The quantitative estimate of drug-likeness (QED) is 0.608. The van der Waals surface area contributed by atoms with Crippen molar-refractivity contribution in [2.75, 3.05) is 38.2 Å². The van der Waals surface area contributed by atoms with Gasteiger partial charge in [0.15, 0.2) is 0 Å². The van der Waals surface area contributed by atoms with Crippen LogP contribution in [0.2, 0.25) is 0 Å². The maximum absolute atomic E-state index is 13.0. The molecule has 1 saturated heterocycles. The summed E-state index contributed by atoms with van der Waals surface area (Å²) in [6, 6.07) is 18.4. The van der Waals surface area contributed by atoms with Crippen molar-refractivity contribution in [1.29, 1.82) is 0 Å². The lowest BCUT2D eigenvalue weighted by Gasteiger charge is -2.35. The fourth-order valence-electron chi connectivity index (χ4n) is 3.69. The highest BCUT2D eigenvalue weighted by Crippen LogP contribution is 2.21. The number of hydrogen-bond donors (Lipinski definition) is 3. The zero-order chi connectivity index (χ0) is 22.1. The Morgan fingerprint density at radius 3 is 2.19 bits per heavy atom. The fourth-order valence-corrected chi connectivity index (χ4v) is 3.69. The highest BCUT2D eigenvalue weighted by Gasteiger charge is 2.27. The van der Waals surface area contributed by atoms with Crippen LogP contribution in [0.4, 0.5) is 10.5 Å². The Hall–Kier alpha value is -2.90. The van der Waals surface area contributed by atoms with E-state index in [1.807, 2.05) is 50.2 Å². The van der Waals surface area contributed by atoms with E-state index in [4.69, 9.17) is 4.74 Å². The van der Waals surface area contributed by atoms with Gasteiger partial charge >= 0.3 is 6.03 Å². The standard InChI is InChI=1S/C24H32N4O3/c1-18(2)22(27-24(30)26-20-11-7-4-8-12-20)23(29)25-17-21(19-9-5-3-6-10-19)28-13-15-31-16-14-28/h3-12,18,21-22H,13-17H2,1-2H3,(H,25,29)(H2,26,27,30). The zero-order valence-corrected chi connectivity index (χ0v) is 18.2. The minimum Gasteiger partial charge on any atom is -0.379 e. The average Bonchev–Trinajstić information content (AvgIpc) is 2.79. The second-order valence-corrected chi connectivity index (χ2v) is 8.01. The van der Waals surface area contributed by atoms with Crippen molar-refractivity contribution in [1.82, 2.24) is 15.5 Å².